The van der Waals surface area contributed by atoms with E-state index in [9.17, 15) is 18.0 Å². The van der Waals surface area contributed by atoms with Gasteiger partial charge in [-0.3, -0.25) is 13.8 Å². The van der Waals surface area contributed by atoms with E-state index in [4.69, 9.17) is 13.7 Å². The van der Waals surface area contributed by atoms with Gasteiger partial charge in [0.1, 0.15) is 11.5 Å². The molecular weight excluding hydrogens is 360 g/mol. The number of carbonyl (C=O) groups is 2. The molecule has 0 N–H and O–H groups in total. The van der Waals surface area contributed by atoms with Crippen molar-refractivity contribution in [3.63, 3.8) is 0 Å². The van der Waals surface area contributed by atoms with Gasteiger partial charge < -0.3 is 9.47 Å². The van der Waals surface area contributed by atoms with Crippen LogP contribution in [0, 0.1) is 5.41 Å². The van der Waals surface area contributed by atoms with E-state index < -0.39 is 26.1 Å². The Morgan fingerprint density at radius 2 is 1.73 bits per heavy atom. The van der Waals surface area contributed by atoms with Gasteiger partial charge in [0, 0.05) is 12.2 Å². The first-order valence-electron chi connectivity index (χ1n) is 8.25. The van der Waals surface area contributed by atoms with Gasteiger partial charge >= 0.3 is 0 Å². The number of hydrogen-bond donors (Lipinski definition) is 0. The average Bonchev–Trinajstić information content (AvgIpc) is 2.85. The van der Waals surface area contributed by atoms with Crippen molar-refractivity contribution in [1.29, 1.82) is 0 Å². The molecule has 0 aromatic carbocycles. The molecule has 3 rings (SSSR count). The molecule has 0 aromatic rings. The average molecular weight is 380 g/mol. The molecule has 140 valence electrons. The summed E-state index contributed by atoms with van der Waals surface area (Å²) in [5.74, 6) is -0.787. The van der Waals surface area contributed by atoms with E-state index in [0.717, 1.165) is 6.08 Å². The van der Waals surface area contributed by atoms with Gasteiger partial charge in [-0.05, 0) is 31.9 Å². The standard InChI is InChI=1S/C18H20O7S/c1-5-17-9-11(3)12(19)7-15(17)25-16-8-13(20)14(23-4)10-18(16,17)26(21,22)24-6-2/h7-10H,5-6H2,1-4H3. The van der Waals surface area contributed by atoms with Crippen molar-refractivity contribution < 1.29 is 31.7 Å². The number of hydrogen-bond acceptors (Lipinski definition) is 7. The zero-order valence-electron chi connectivity index (χ0n) is 15.0. The van der Waals surface area contributed by atoms with E-state index in [-0.39, 0.29) is 29.7 Å². The van der Waals surface area contributed by atoms with Gasteiger partial charge in [0.15, 0.2) is 16.3 Å². The quantitative estimate of drug-likeness (QED) is 0.672. The molecule has 0 spiro atoms. The van der Waals surface area contributed by atoms with Gasteiger partial charge in [-0.2, -0.15) is 8.42 Å². The number of carbonyl (C=O) groups excluding carboxylic acids is 2. The van der Waals surface area contributed by atoms with Crippen LogP contribution < -0.4 is 0 Å². The van der Waals surface area contributed by atoms with Gasteiger partial charge in [0.25, 0.3) is 10.1 Å². The third-order valence-electron chi connectivity index (χ3n) is 5.09. The Morgan fingerprint density at radius 1 is 1.08 bits per heavy atom. The summed E-state index contributed by atoms with van der Waals surface area (Å²) in [5.41, 5.74) is -0.814. The van der Waals surface area contributed by atoms with E-state index in [0.29, 0.717) is 12.0 Å². The lowest BCUT2D eigenvalue weighted by Crippen LogP contribution is -2.52. The van der Waals surface area contributed by atoms with E-state index >= 15 is 0 Å². The van der Waals surface area contributed by atoms with Crippen LogP contribution in [0.15, 0.2) is 47.2 Å². The zero-order valence-corrected chi connectivity index (χ0v) is 15.8. The van der Waals surface area contributed by atoms with Crippen LogP contribution >= 0.6 is 0 Å². The lowest BCUT2D eigenvalue weighted by Gasteiger charge is -2.40. The molecule has 0 amide bonds. The van der Waals surface area contributed by atoms with Gasteiger partial charge in [-0.25, -0.2) is 0 Å². The van der Waals surface area contributed by atoms with Crippen molar-refractivity contribution in [2.75, 3.05) is 13.7 Å². The summed E-state index contributed by atoms with van der Waals surface area (Å²) in [7, 11) is -2.99. The van der Waals surface area contributed by atoms with Crippen molar-refractivity contribution >= 4 is 21.7 Å². The van der Waals surface area contributed by atoms with Gasteiger partial charge in [0.05, 0.1) is 19.1 Å². The van der Waals surface area contributed by atoms with Gasteiger partial charge in [-0.1, -0.05) is 13.0 Å². The topological polar surface area (TPSA) is 96.0 Å². The molecule has 0 saturated carbocycles. The fourth-order valence-electron chi connectivity index (χ4n) is 3.85. The molecular formula is C18H20O7S. The monoisotopic (exact) mass is 380 g/mol. The highest BCUT2D eigenvalue weighted by Gasteiger charge is 2.70. The lowest BCUT2D eigenvalue weighted by molar-refractivity contribution is -0.114. The third-order valence-corrected chi connectivity index (χ3v) is 7.10. The van der Waals surface area contributed by atoms with Crippen LogP contribution in [0.5, 0.6) is 0 Å². The summed E-state index contributed by atoms with van der Waals surface area (Å²) >= 11 is 0. The Hall–Kier alpha value is -2.19. The van der Waals surface area contributed by atoms with E-state index in [1.54, 1.807) is 26.8 Å². The van der Waals surface area contributed by atoms with Crippen LogP contribution in [0.4, 0.5) is 0 Å². The maximum atomic E-state index is 13.3. The van der Waals surface area contributed by atoms with Crippen LogP contribution in [0.25, 0.3) is 0 Å². The molecule has 2 atom stereocenters. The number of fused-ring (bicyclic) bond motifs is 3. The molecule has 0 bridgehead atoms. The minimum Gasteiger partial charge on any atom is -0.493 e. The van der Waals surface area contributed by atoms with Crippen molar-refractivity contribution in [2.45, 2.75) is 31.9 Å². The summed E-state index contributed by atoms with van der Waals surface area (Å²) in [6.07, 6.45) is 5.53. The summed E-state index contributed by atoms with van der Waals surface area (Å²) in [5, 5.41) is 0. The minimum atomic E-state index is -4.28. The Kier molecular flexibility index (Phi) is 4.23. The summed E-state index contributed by atoms with van der Waals surface area (Å²) in [6.45, 7) is 4.88. The molecule has 8 heteroatoms. The lowest BCUT2D eigenvalue weighted by atomic mass is 9.67. The maximum Gasteiger partial charge on any atom is 0.285 e. The van der Waals surface area contributed by atoms with Crippen LogP contribution in [0.3, 0.4) is 0 Å². The first kappa shape index (κ1) is 18.6. The second-order valence-electron chi connectivity index (χ2n) is 6.31. The SMILES string of the molecule is CCOS(=O)(=O)C12C=C(OC)C(=O)C=C1OC1=CC(=O)C(C)=CC12CC. The first-order valence-corrected chi connectivity index (χ1v) is 9.66. The largest absolute Gasteiger partial charge is 0.493 e. The molecule has 1 heterocycles. The fraction of sp³-hybridized carbons (Fsp3) is 0.444. The number of methoxy groups -OCH3 is 1. The Bertz CT molecular complexity index is 919. The molecule has 1 aliphatic heterocycles. The molecule has 2 unspecified atom stereocenters. The summed E-state index contributed by atoms with van der Waals surface area (Å²) in [6, 6.07) is 0. The third kappa shape index (κ3) is 2.12. The normalized spacial score (nSPS) is 30.5. The smallest absolute Gasteiger partial charge is 0.285 e. The predicted molar refractivity (Wildman–Crippen MR) is 92.1 cm³/mol. The first-order chi connectivity index (χ1) is 12.2. The number of ether oxygens (including phenoxy) is 2. The Balaban J connectivity index is 2.43. The van der Waals surface area contributed by atoms with Crippen molar-refractivity contribution in [1.82, 2.24) is 0 Å². The van der Waals surface area contributed by atoms with Crippen LogP contribution in [0.2, 0.25) is 0 Å². The van der Waals surface area contributed by atoms with E-state index in [1.165, 1.54) is 19.3 Å². The highest BCUT2D eigenvalue weighted by molar-refractivity contribution is 7.88. The van der Waals surface area contributed by atoms with Crippen LogP contribution in [-0.2, 0) is 33.4 Å². The van der Waals surface area contributed by atoms with Crippen LogP contribution in [-0.4, -0.2) is 38.4 Å². The maximum absolute atomic E-state index is 13.3. The zero-order chi connectivity index (χ0) is 19.3. The molecule has 7 nitrogen and oxygen atoms in total. The van der Waals surface area contributed by atoms with E-state index in [1.807, 2.05) is 0 Å². The van der Waals surface area contributed by atoms with Crippen molar-refractivity contribution in [2.24, 2.45) is 5.41 Å². The number of rotatable bonds is 5. The predicted octanol–water partition coefficient (Wildman–Crippen LogP) is 1.93. The number of ketones is 2. The highest BCUT2D eigenvalue weighted by Crippen LogP contribution is 2.62. The van der Waals surface area contributed by atoms with Gasteiger partial charge in [0.2, 0.25) is 5.78 Å². The molecule has 0 radical (unpaired) electrons. The molecule has 1 fully saturated rings. The molecule has 0 aromatic heterocycles. The van der Waals surface area contributed by atoms with Crippen molar-refractivity contribution in [3.8, 4) is 0 Å². The Labute approximate surface area is 152 Å². The fourth-order valence-corrected chi connectivity index (χ4v) is 5.69. The molecule has 26 heavy (non-hydrogen) atoms. The molecule has 1 saturated heterocycles. The molecule has 3 aliphatic rings. The Morgan fingerprint density at radius 3 is 2.31 bits per heavy atom. The molecule has 2 aliphatic carbocycles. The van der Waals surface area contributed by atoms with Gasteiger partial charge in [-0.15, -0.1) is 0 Å². The number of allylic oxidation sites excluding steroid dienone is 4. The summed E-state index contributed by atoms with van der Waals surface area (Å²) < 4.78 is 40.7. The minimum absolute atomic E-state index is 0.0800. The highest BCUT2D eigenvalue weighted by atomic mass is 32.2. The van der Waals surface area contributed by atoms with Crippen molar-refractivity contribution in [3.05, 3.63) is 47.2 Å². The second-order valence-corrected chi connectivity index (χ2v) is 8.10. The summed E-state index contributed by atoms with van der Waals surface area (Å²) in [4.78, 5) is 24.4. The van der Waals surface area contributed by atoms with Crippen LogP contribution in [0.1, 0.15) is 27.2 Å². The van der Waals surface area contributed by atoms with E-state index in [2.05, 4.69) is 0 Å². The second kappa shape index (κ2) is 5.92.